The van der Waals surface area contributed by atoms with E-state index in [9.17, 15) is 0 Å². The molecule has 0 aliphatic carbocycles. The van der Waals surface area contributed by atoms with Crippen LogP contribution in [0.25, 0.3) is 0 Å². The molecule has 5 heteroatoms. The third kappa shape index (κ3) is 15.7. The minimum absolute atomic E-state index is 0.135. The van der Waals surface area contributed by atoms with E-state index >= 15 is 0 Å². The van der Waals surface area contributed by atoms with E-state index in [-0.39, 0.29) is 6.04 Å². The standard InChI is InChI=1S/C14H31NO4/c1-3-5-6-16-7-8-17-9-10-18-11-12-19-13-14(15)4-2/h14H,3-13,15H2,1-2H3. The number of unbranched alkanes of at least 4 members (excludes halogenated alkanes) is 1. The average Bonchev–Trinajstić information content (AvgIpc) is 2.43. The number of ether oxygens (including phenoxy) is 4. The molecule has 0 radical (unpaired) electrons. The summed E-state index contributed by atoms with van der Waals surface area (Å²) in [6.45, 7) is 9.31. The van der Waals surface area contributed by atoms with Gasteiger partial charge in [-0.15, -0.1) is 0 Å². The maximum Gasteiger partial charge on any atom is 0.0701 e. The van der Waals surface area contributed by atoms with Gasteiger partial charge in [0.2, 0.25) is 0 Å². The van der Waals surface area contributed by atoms with Gasteiger partial charge in [-0.05, 0) is 12.8 Å². The minimum atomic E-state index is 0.135. The molecule has 0 aromatic rings. The molecule has 0 aliphatic heterocycles. The fraction of sp³-hybridized carbons (Fsp3) is 1.00. The van der Waals surface area contributed by atoms with E-state index < -0.39 is 0 Å². The molecular weight excluding hydrogens is 246 g/mol. The predicted molar refractivity (Wildman–Crippen MR) is 76.5 cm³/mol. The van der Waals surface area contributed by atoms with E-state index in [2.05, 4.69) is 6.92 Å². The van der Waals surface area contributed by atoms with Crippen molar-refractivity contribution in [2.24, 2.45) is 5.73 Å². The van der Waals surface area contributed by atoms with Crippen LogP contribution < -0.4 is 5.73 Å². The monoisotopic (exact) mass is 277 g/mol. The van der Waals surface area contributed by atoms with Crippen molar-refractivity contribution in [3.05, 3.63) is 0 Å². The zero-order valence-corrected chi connectivity index (χ0v) is 12.6. The van der Waals surface area contributed by atoms with Crippen LogP contribution in [0.1, 0.15) is 33.1 Å². The highest BCUT2D eigenvalue weighted by Crippen LogP contribution is 1.89. The van der Waals surface area contributed by atoms with E-state index in [1.54, 1.807) is 0 Å². The number of hydrogen-bond donors (Lipinski definition) is 1. The van der Waals surface area contributed by atoms with Crippen molar-refractivity contribution in [1.82, 2.24) is 0 Å². The van der Waals surface area contributed by atoms with Gasteiger partial charge in [0.1, 0.15) is 0 Å². The van der Waals surface area contributed by atoms with Gasteiger partial charge < -0.3 is 24.7 Å². The van der Waals surface area contributed by atoms with Gasteiger partial charge in [0.15, 0.2) is 0 Å². The highest BCUT2D eigenvalue weighted by molar-refractivity contribution is 4.54. The molecule has 0 heterocycles. The number of hydrogen-bond acceptors (Lipinski definition) is 5. The van der Waals surface area contributed by atoms with Gasteiger partial charge in [0.05, 0.1) is 46.2 Å². The lowest BCUT2D eigenvalue weighted by molar-refractivity contribution is -0.00341. The summed E-state index contributed by atoms with van der Waals surface area (Å²) >= 11 is 0. The normalized spacial score (nSPS) is 12.8. The molecule has 0 spiro atoms. The summed E-state index contributed by atoms with van der Waals surface area (Å²) in [7, 11) is 0. The first kappa shape index (κ1) is 18.8. The molecule has 0 saturated carbocycles. The largest absolute Gasteiger partial charge is 0.379 e. The molecule has 0 rings (SSSR count). The fourth-order valence-corrected chi connectivity index (χ4v) is 1.26. The second kappa shape index (κ2) is 15.9. The summed E-state index contributed by atoms with van der Waals surface area (Å²) in [5.41, 5.74) is 5.71. The molecule has 0 fully saturated rings. The maximum atomic E-state index is 5.71. The second-order valence-electron chi connectivity index (χ2n) is 4.43. The lowest BCUT2D eigenvalue weighted by Gasteiger charge is -2.10. The van der Waals surface area contributed by atoms with Crippen LogP contribution in [0.5, 0.6) is 0 Å². The summed E-state index contributed by atoms with van der Waals surface area (Å²) in [5, 5.41) is 0. The Morgan fingerprint density at radius 3 is 1.68 bits per heavy atom. The number of rotatable bonds is 15. The Kier molecular flexibility index (Phi) is 15.7. The Bertz CT molecular complexity index is 170. The molecule has 0 bridgehead atoms. The van der Waals surface area contributed by atoms with Crippen LogP contribution in [0.15, 0.2) is 0 Å². The average molecular weight is 277 g/mol. The summed E-state index contributed by atoms with van der Waals surface area (Å²) in [6, 6.07) is 0.135. The van der Waals surface area contributed by atoms with Gasteiger partial charge in [0.25, 0.3) is 0 Å². The van der Waals surface area contributed by atoms with Crippen molar-refractivity contribution in [2.45, 2.75) is 39.2 Å². The van der Waals surface area contributed by atoms with Gasteiger partial charge in [0, 0.05) is 12.6 Å². The van der Waals surface area contributed by atoms with Gasteiger partial charge in [-0.2, -0.15) is 0 Å². The van der Waals surface area contributed by atoms with E-state index in [0.29, 0.717) is 46.2 Å². The lowest BCUT2D eigenvalue weighted by atomic mass is 10.3. The van der Waals surface area contributed by atoms with Crippen molar-refractivity contribution in [1.29, 1.82) is 0 Å². The smallest absolute Gasteiger partial charge is 0.0701 e. The van der Waals surface area contributed by atoms with Crippen molar-refractivity contribution >= 4 is 0 Å². The Labute approximate surface area is 117 Å². The maximum absolute atomic E-state index is 5.71. The zero-order valence-electron chi connectivity index (χ0n) is 12.6. The highest BCUT2D eigenvalue weighted by atomic mass is 16.6. The minimum Gasteiger partial charge on any atom is -0.379 e. The third-order valence-corrected chi connectivity index (χ3v) is 2.61. The molecule has 19 heavy (non-hydrogen) atoms. The highest BCUT2D eigenvalue weighted by Gasteiger charge is 1.98. The van der Waals surface area contributed by atoms with Crippen LogP contribution in [0.4, 0.5) is 0 Å². The fourth-order valence-electron chi connectivity index (χ4n) is 1.26. The van der Waals surface area contributed by atoms with Gasteiger partial charge in [-0.3, -0.25) is 0 Å². The summed E-state index contributed by atoms with van der Waals surface area (Å²) in [4.78, 5) is 0. The second-order valence-corrected chi connectivity index (χ2v) is 4.43. The van der Waals surface area contributed by atoms with Gasteiger partial charge in [-0.25, -0.2) is 0 Å². The predicted octanol–water partition coefficient (Wildman–Crippen LogP) is 1.59. The molecule has 116 valence electrons. The van der Waals surface area contributed by atoms with Crippen LogP contribution in [-0.2, 0) is 18.9 Å². The molecule has 1 unspecified atom stereocenters. The van der Waals surface area contributed by atoms with E-state index in [1.165, 1.54) is 6.42 Å². The molecule has 0 aliphatic rings. The van der Waals surface area contributed by atoms with Crippen LogP contribution in [-0.4, -0.2) is 58.9 Å². The van der Waals surface area contributed by atoms with Crippen molar-refractivity contribution in [3.8, 4) is 0 Å². The first-order valence-corrected chi connectivity index (χ1v) is 7.37. The van der Waals surface area contributed by atoms with Crippen molar-refractivity contribution in [2.75, 3.05) is 52.9 Å². The van der Waals surface area contributed by atoms with Gasteiger partial charge in [-0.1, -0.05) is 20.3 Å². The number of nitrogens with two attached hydrogens (primary N) is 1. The van der Waals surface area contributed by atoms with Crippen LogP contribution in [0.3, 0.4) is 0 Å². The Morgan fingerprint density at radius 2 is 1.21 bits per heavy atom. The van der Waals surface area contributed by atoms with E-state index in [1.807, 2.05) is 6.92 Å². The molecule has 0 amide bonds. The third-order valence-electron chi connectivity index (χ3n) is 2.61. The van der Waals surface area contributed by atoms with Crippen LogP contribution in [0.2, 0.25) is 0 Å². The molecule has 2 N–H and O–H groups in total. The summed E-state index contributed by atoms with van der Waals surface area (Å²) in [5.74, 6) is 0. The topological polar surface area (TPSA) is 62.9 Å². The molecule has 0 saturated heterocycles. The quantitative estimate of drug-likeness (QED) is 0.461. The summed E-state index contributed by atoms with van der Waals surface area (Å²) < 4.78 is 21.5. The first-order chi connectivity index (χ1) is 9.31. The van der Waals surface area contributed by atoms with E-state index in [4.69, 9.17) is 24.7 Å². The van der Waals surface area contributed by atoms with E-state index in [0.717, 1.165) is 19.4 Å². The molecule has 1 atom stereocenters. The Balaban J connectivity index is 2.95. The van der Waals surface area contributed by atoms with Crippen LogP contribution in [0, 0.1) is 0 Å². The van der Waals surface area contributed by atoms with Crippen molar-refractivity contribution in [3.63, 3.8) is 0 Å². The van der Waals surface area contributed by atoms with Crippen molar-refractivity contribution < 1.29 is 18.9 Å². The lowest BCUT2D eigenvalue weighted by Crippen LogP contribution is -2.26. The molecule has 0 aromatic heterocycles. The first-order valence-electron chi connectivity index (χ1n) is 7.37. The molecular formula is C14H31NO4. The SMILES string of the molecule is CCCCOCCOCCOCCOCC(N)CC. The van der Waals surface area contributed by atoms with Crippen LogP contribution >= 0.6 is 0 Å². The molecule has 0 aromatic carbocycles. The van der Waals surface area contributed by atoms with Gasteiger partial charge >= 0.3 is 0 Å². The zero-order chi connectivity index (χ0) is 14.2. The summed E-state index contributed by atoms with van der Waals surface area (Å²) in [6.07, 6.45) is 3.22. The molecule has 5 nitrogen and oxygen atoms in total. The Hall–Kier alpha value is -0.200. The Morgan fingerprint density at radius 1 is 0.737 bits per heavy atom.